The lowest BCUT2D eigenvalue weighted by Crippen LogP contribution is -2.33. The lowest BCUT2D eigenvalue weighted by atomic mass is 9.92. The van der Waals surface area contributed by atoms with Crippen molar-refractivity contribution in [1.29, 1.82) is 0 Å². The molecule has 2 aliphatic carbocycles. The highest BCUT2D eigenvalue weighted by Gasteiger charge is 2.31. The standard InChI is InChI=1S/C26H23N3O7/c1-3-27(4-2)6-5-7-28-20(13-31)18-8-15(29(33)34)9-21(32)24(18)25-19(12-30)16-10-22-23(36-14-35-22)11-17(16)26(25)28/h8,10-11H,3-7,9,14H2,1-2H3. The Morgan fingerprint density at radius 3 is 2.42 bits per heavy atom. The number of fused-ring (bicyclic) bond motifs is 5. The van der Waals surface area contributed by atoms with Crippen LogP contribution in [0.2, 0.25) is 0 Å². The largest absolute Gasteiger partial charge is 0.454 e. The summed E-state index contributed by atoms with van der Waals surface area (Å²) in [6.07, 6.45) is 1.46. The molecule has 0 bridgehead atoms. The maximum atomic E-state index is 13.3. The molecule has 36 heavy (non-hydrogen) atoms. The van der Waals surface area contributed by atoms with Gasteiger partial charge >= 0.3 is 0 Å². The van der Waals surface area contributed by atoms with Crippen LogP contribution < -0.4 is 20.0 Å². The maximum absolute atomic E-state index is 13.3. The van der Waals surface area contributed by atoms with Crippen molar-refractivity contribution in [2.75, 3.05) is 26.4 Å². The Balaban J connectivity index is 1.93. The Bertz CT molecular complexity index is 1700. The molecular weight excluding hydrogens is 466 g/mol. The number of carbonyl (C=O) groups is 1. The first-order chi connectivity index (χ1) is 17.4. The normalized spacial score (nSPS) is 14.2. The summed E-state index contributed by atoms with van der Waals surface area (Å²) in [6, 6.07) is 3.40. The van der Waals surface area contributed by atoms with Crippen LogP contribution in [0.15, 0.2) is 17.8 Å². The maximum Gasteiger partial charge on any atom is 0.254 e. The molecule has 0 atom stereocenters. The van der Waals surface area contributed by atoms with E-state index >= 15 is 0 Å². The molecule has 0 saturated carbocycles. The second kappa shape index (κ2) is 9.09. The molecule has 10 heteroatoms. The molecule has 0 N–H and O–H groups in total. The van der Waals surface area contributed by atoms with Crippen LogP contribution in [-0.4, -0.2) is 58.5 Å². The second-order valence-electron chi connectivity index (χ2n) is 8.72. The Morgan fingerprint density at radius 1 is 1.11 bits per heavy atom. The minimum absolute atomic E-state index is 0.0338. The first kappa shape index (κ1) is 23.5. The summed E-state index contributed by atoms with van der Waals surface area (Å²) in [6.45, 7) is 7.02. The first-order valence-corrected chi connectivity index (χ1v) is 11.8. The third-order valence-corrected chi connectivity index (χ3v) is 6.95. The third kappa shape index (κ3) is 3.51. The highest BCUT2D eigenvalue weighted by Crippen LogP contribution is 2.36. The quantitative estimate of drug-likeness (QED) is 0.357. The highest BCUT2D eigenvalue weighted by atomic mass is 16.7. The van der Waals surface area contributed by atoms with Gasteiger partial charge < -0.3 is 18.9 Å². The Morgan fingerprint density at radius 2 is 1.81 bits per heavy atom. The van der Waals surface area contributed by atoms with Gasteiger partial charge in [0.05, 0.1) is 15.5 Å². The van der Waals surface area contributed by atoms with Crippen molar-refractivity contribution >= 4 is 34.5 Å². The number of allylic oxidation sites excluding steroid dienone is 1. The van der Waals surface area contributed by atoms with Gasteiger partial charge in [0.2, 0.25) is 6.79 Å². The van der Waals surface area contributed by atoms with Crippen LogP contribution in [-0.2, 0) is 16.1 Å². The smallest absolute Gasteiger partial charge is 0.254 e. The Hall–Kier alpha value is -4.23. The van der Waals surface area contributed by atoms with E-state index in [9.17, 15) is 24.5 Å². The van der Waals surface area contributed by atoms with Gasteiger partial charge in [-0.2, -0.15) is 0 Å². The summed E-state index contributed by atoms with van der Waals surface area (Å²) in [7, 11) is 0. The summed E-state index contributed by atoms with van der Waals surface area (Å²) in [5.41, 5.74) is -0.104. The molecule has 0 amide bonds. The van der Waals surface area contributed by atoms with Gasteiger partial charge in [0, 0.05) is 39.7 Å². The van der Waals surface area contributed by atoms with Gasteiger partial charge in [-0.25, -0.2) is 9.59 Å². The number of ether oxygens (including phenoxy) is 2. The zero-order valence-corrected chi connectivity index (χ0v) is 19.9. The molecule has 1 aromatic rings. The SMILES string of the molecule is CCN(CC)CCCn1c(=C=O)c2c(c3c(=C=O)c4cc5c(cc4c1=3)OCO5)C(=O)CC([N+](=O)[O-])=C2. The predicted octanol–water partition coefficient (Wildman–Crippen LogP) is 1.04. The number of carbonyl (C=O) groups excluding carboxylic acids is 3. The second-order valence-corrected chi connectivity index (χ2v) is 8.72. The van der Waals surface area contributed by atoms with E-state index in [-0.39, 0.29) is 34.2 Å². The van der Waals surface area contributed by atoms with Crippen LogP contribution in [0.3, 0.4) is 0 Å². The number of aromatic nitrogens is 1. The molecule has 0 saturated heterocycles. The van der Waals surface area contributed by atoms with E-state index in [1.54, 1.807) is 16.7 Å². The molecule has 0 radical (unpaired) electrons. The number of Topliss-reactive ketones (excluding diaryl/α,β-unsaturated/α-hetero) is 1. The number of benzene rings is 1. The van der Waals surface area contributed by atoms with Crippen LogP contribution >= 0.6 is 0 Å². The van der Waals surface area contributed by atoms with Gasteiger partial charge in [0.1, 0.15) is 17.7 Å². The molecule has 4 aliphatic rings. The van der Waals surface area contributed by atoms with Crippen molar-refractivity contribution in [1.82, 2.24) is 9.47 Å². The highest BCUT2D eigenvalue weighted by molar-refractivity contribution is 6.05. The molecule has 0 aromatic heterocycles. The third-order valence-electron chi connectivity index (χ3n) is 6.95. The van der Waals surface area contributed by atoms with E-state index in [0.29, 0.717) is 45.8 Å². The summed E-state index contributed by atoms with van der Waals surface area (Å²) >= 11 is 0. The number of hydrogen-bond donors (Lipinski definition) is 0. The van der Waals surface area contributed by atoms with E-state index < -0.39 is 17.1 Å². The van der Waals surface area contributed by atoms with Gasteiger partial charge in [0.25, 0.3) is 5.70 Å². The van der Waals surface area contributed by atoms with Crippen LogP contribution in [0.25, 0.3) is 16.8 Å². The van der Waals surface area contributed by atoms with E-state index in [1.807, 2.05) is 11.9 Å². The Labute approximate surface area is 204 Å². The number of rotatable bonds is 7. The van der Waals surface area contributed by atoms with Gasteiger partial charge in [-0.1, -0.05) is 13.8 Å². The summed E-state index contributed by atoms with van der Waals surface area (Å²) in [5.74, 6) is 4.31. The van der Waals surface area contributed by atoms with E-state index in [2.05, 4.69) is 18.7 Å². The summed E-state index contributed by atoms with van der Waals surface area (Å²) < 4.78 is 12.7. The van der Waals surface area contributed by atoms with Gasteiger partial charge in [-0.3, -0.25) is 14.9 Å². The molecular formula is C26H23N3O7. The lowest BCUT2D eigenvalue weighted by Gasteiger charge is -2.20. The minimum atomic E-state index is -0.627. The van der Waals surface area contributed by atoms with Gasteiger partial charge in [-0.15, -0.1) is 0 Å². The van der Waals surface area contributed by atoms with Crippen LogP contribution in [0.4, 0.5) is 0 Å². The van der Waals surface area contributed by atoms with Crippen molar-refractivity contribution in [3.05, 3.63) is 60.2 Å². The zero-order chi connectivity index (χ0) is 25.6. The monoisotopic (exact) mass is 489 g/mol. The molecule has 2 heterocycles. The molecule has 0 unspecified atom stereocenters. The summed E-state index contributed by atoms with van der Waals surface area (Å²) in [4.78, 5) is 51.0. The first-order valence-electron chi connectivity index (χ1n) is 11.8. The van der Waals surface area contributed by atoms with Crippen LogP contribution in [0.1, 0.15) is 42.6 Å². The van der Waals surface area contributed by atoms with Crippen molar-refractivity contribution in [2.45, 2.75) is 33.2 Å². The Kier molecular flexibility index (Phi) is 5.94. The molecule has 0 spiro atoms. The van der Waals surface area contributed by atoms with Crippen molar-refractivity contribution in [2.24, 2.45) is 0 Å². The van der Waals surface area contributed by atoms with Crippen molar-refractivity contribution in [3.8, 4) is 11.5 Å². The lowest BCUT2D eigenvalue weighted by molar-refractivity contribution is -0.424. The van der Waals surface area contributed by atoms with Crippen molar-refractivity contribution in [3.63, 3.8) is 0 Å². The average molecular weight is 489 g/mol. The van der Waals surface area contributed by atoms with Crippen LogP contribution in [0, 0.1) is 20.7 Å². The van der Waals surface area contributed by atoms with Gasteiger partial charge in [0.15, 0.2) is 23.2 Å². The minimum Gasteiger partial charge on any atom is -0.454 e. The molecule has 0 fully saturated rings. The molecule has 2 aliphatic heterocycles. The molecule has 10 nitrogen and oxygen atoms in total. The zero-order valence-electron chi connectivity index (χ0n) is 19.9. The van der Waals surface area contributed by atoms with Crippen LogP contribution in [0.5, 0.6) is 11.5 Å². The molecule has 184 valence electrons. The molecule has 5 rings (SSSR count). The average Bonchev–Trinajstić information content (AvgIpc) is 3.46. The van der Waals surface area contributed by atoms with E-state index in [1.165, 1.54) is 6.08 Å². The predicted molar refractivity (Wildman–Crippen MR) is 129 cm³/mol. The fraction of sp³-hybridized carbons (Fsp3) is 0.346. The van der Waals surface area contributed by atoms with Crippen molar-refractivity contribution < 1.29 is 28.8 Å². The number of ketones is 1. The van der Waals surface area contributed by atoms with Gasteiger partial charge in [-0.05, 0) is 38.2 Å². The van der Waals surface area contributed by atoms with E-state index in [4.69, 9.17) is 9.47 Å². The fourth-order valence-corrected chi connectivity index (χ4v) is 5.22. The number of nitrogens with zero attached hydrogens (tertiary/aromatic N) is 3. The number of hydrogen-bond acceptors (Lipinski definition) is 8. The topological polar surface area (TPSA) is 121 Å². The molecule has 1 aromatic carbocycles. The van der Waals surface area contributed by atoms with E-state index in [0.717, 1.165) is 19.6 Å². The number of nitro groups is 1. The summed E-state index contributed by atoms with van der Waals surface area (Å²) in [5, 5.41) is 13.7. The fourth-order valence-electron chi connectivity index (χ4n) is 5.22.